The van der Waals surface area contributed by atoms with E-state index in [0.717, 1.165) is 179 Å². The maximum absolute atomic E-state index is 11.7. The van der Waals surface area contributed by atoms with E-state index in [-0.39, 0.29) is 57.3 Å². The van der Waals surface area contributed by atoms with Crippen molar-refractivity contribution in [3.05, 3.63) is 334 Å². The van der Waals surface area contributed by atoms with Gasteiger partial charge in [0, 0.05) is 88.8 Å². The van der Waals surface area contributed by atoms with Crippen molar-refractivity contribution in [2.45, 2.75) is 0 Å². The van der Waals surface area contributed by atoms with Crippen molar-refractivity contribution in [1.82, 2.24) is 19.9 Å². The summed E-state index contributed by atoms with van der Waals surface area (Å²) in [7, 11) is -21.3. The van der Waals surface area contributed by atoms with E-state index < -0.39 is 15.6 Å². The van der Waals surface area contributed by atoms with E-state index in [9.17, 15) is 69.5 Å². The summed E-state index contributed by atoms with van der Waals surface area (Å²) in [5, 5.41) is 18.5. The standard InChI is InChI=1S/2C42H26N4O2.2Cu.2F6P/c2*47-33-16-8-25(9-17-33)35-20-12-27-4-6-29-14-22-37(45-41(29)39(27)43-35)31-2-1-3-32(24-31)38-23-15-30-7-5-28-13-21-36(44-40(28)42(30)46-38)26-10-18-34(48)19-11-26;;;2*1-7(2,3,4,5)6/h2*1-24,43-44H;;;;/q;;2*+1;2*-1. The molecule has 0 spiro atoms. The first-order valence-electron chi connectivity index (χ1n) is 33.5. The van der Waals surface area contributed by atoms with Crippen LogP contribution in [-0.4, -0.2) is 43.1 Å². The minimum Gasteiger partial charge on any atom is -0.353 e. The molecule has 568 valence electrons. The zero-order valence-corrected chi connectivity index (χ0v) is 60.8. The predicted octanol–water partition coefficient (Wildman–Crippen LogP) is 24.5. The molecule has 4 N–H and O–H groups in total. The van der Waals surface area contributed by atoms with E-state index in [1.54, 1.807) is 48.6 Å². The van der Waals surface area contributed by atoms with E-state index in [1.165, 1.54) is 0 Å². The fourth-order valence-corrected chi connectivity index (χ4v) is 12.8. The fraction of sp³-hybridized carbons (Fsp3) is 0. The number of rotatable bonds is 4. The Morgan fingerprint density at radius 1 is 0.232 bits per heavy atom. The number of benzene rings is 6. The number of fused-ring (bicyclic) bond motifs is 12. The molecule has 8 heterocycles. The number of anilines is 4. The number of carbonyl (C=O) groups is 4. The van der Waals surface area contributed by atoms with Gasteiger partial charge >= 0.3 is 100 Å². The Kier molecular flexibility index (Phi) is 19.9. The maximum Gasteiger partial charge on any atom is 1.00 e. The minimum atomic E-state index is -10.7. The molecule has 0 amide bonds. The summed E-state index contributed by atoms with van der Waals surface area (Å²) >= 11 is 0. The minimum absolute atomic E-state index is 0. The van der Waals surface area contributed by atoms with E-state index in [0.29, 0.717) is 0 Å². The van der Waals surface area contributed by atoms with Gasteiger partial charge in [-0.05, 0) is 180 Å². The Hall–Kier alpha value is -12.3. The third-order valence-electron chi connectivity index (χ3n) is 17.9. The zero-order valence-electron chi connectivity index (χ0n) is 57.2. The summed E-state index contributed by atoms with van der Waals surface area (Å²) in [6.45, 7) is 0. The van der Waals surface area contributed by atoms with Crippen LogP contribution in [0, 0.1) is 0 Å². The van der Waals surface area contributed by atoms with Gasteiger partial charge in [-0.3, -0.25) is 19.2 Å². The van der Waals surface area contributed by atoms with Gasteiger partial charge in [-0.25, -0.2) is 19.9 Å². The van der Waals surface area contributed by atoms with Crippen LogP contribution in [0.3, 0.4) is 0 Å². The Labute approximate surface area is 649 Å². The second-order valence-electron chi connectivity index (χ2n) is 25.9. The van der Waals surface area contributed by atoms with Crippen LogP contribution in [0.25, 0.3) is 113 Å². The molecule has 0 saturated carbocycles. The van der Waals surface area contributed by atoms with Gasteiger partial charge in [0.15, 0.2) is 23.1 Å². The average molecular weight is 1650 g/mol. The van der Waals surface area contributed by atoms with Crippen molar-refractivity contribution in [3.8, 4) is 45.0 Å². The summed E-state index contributed by atoms with van der Waals surface area (Å²) in [5.41, 5.74) is 26.4. The predicted molar refractivity (Wildman–Crippen MR) is 415 cm³/mol. The smallest absolute Gasteiger partial charge is 0.353 e. The normalized spacial score (nSPS) is 16.7. The first-order valence-corrected chi connectivity index (χ1v) is 37.5. The SMILES string of the molecule is F[P-](F)(F)(F)(F)F.F[P-](F)(F)(F)(F)F.O=C1C=CC(=C2C=Cc3ccc4ccc(-c5cccc(-c6ccc7ccc8c(c7n6)NC(=C6C=CC(=O)C=C6)C=C8)c5)nc4c3N2)C=C1.O=C1C=CC(=C2C=Cc3ccc4ccc(-c5cccc(-c6ccc7ccc8c(c7n6)NC(=C6C=CC(=O)C=C6)C=C8)c5)nc4c3N2)C=C1.[Cu+].[Cu+]. The number of carbonyl (C=O) groups excluding carboxylic acids is 4. The van der Waals surface area contributed by atoms with Gasteiger partial charge < -0.3 is 21.3 Å². The molecule has 0 radical (unpaired) electrons. The number of nitrogens with zero attached hydrogens (tertiary/aromatic N) is 4. The van der Waals surface area contributed by atoms with Crippen LogP contribution in [0.4, 0.5) is 73.1 Å². The molecule has 10 aromatic rings. The Bertz CT molecular complexity index is 5550. The van der Waals surface area contributed by atoms with Crippen LogP contribution < -0.4 is 21.3 Å². The molecule has 4 aliphatic heterocycles. The average Bonchev–Trinajstić information content (AvgIpc) is 0.769. The first kappa shape index (κ1) is 77.9. The topological polar surface area (TPSA) is 168 Å². The molecule has 28 heteroatoms. The van der Waals surface area contributed by atoms with Crippen molar-refractivity contribution in [1.29, 1.82) is 0 Å². The molecule has 0 unspecified atom stereocenters. The molecule has 0 atom stereocenters. The summed E-state index contributed by atoms with van der Waals surface area (Å²) in [4.78, 5) is 67.4. The van der Waals surface area contributed by atoms with Crippen LogP contribution >= 0.6 is 15.6 Å². The fourth-order valence-electron chi connectivity index (χ4n) is 12.8. The number of ketones is 4. The van der Waals surface area contributed by atoms with Crippen molar-refractivity contribution in [2.75, 3.05) is 21.3 Å². The van der Waals surface area contributed by atoms with Crippen molar-refractivity contribution in [3.63, 3.8) is 0 Å². The number of allylic oxidation sites excluding steroid dienone is 24. The number of nitrogens with one attached hydrogen (secondary N) is 4. The van der Waals surface area contributed by atoms with Gasteiger partial charge in [0.2, 0.25) is 0 Å². The number of halogens is 12. The molecule has 4 aromatic heterocycles. The zero-order chi connectivity index (χ0) is 77.2. The van der Waals surface area contributed by atoms with Crippen LogP contribution in [0.2, 0.25) is 0 Å². The molecule has 0 fully saturated rings. The molecule has 0 bridgehead atoms. The summed E-state index contributed by atoms with van der Waals surface area (Å²) in [6, 6.07) is 50.1. The van der Waals surface area contributed by atoms with E-state index in [4.69, 9.17) is 19.9 Å². The quantitative estimate of drug-likeness (QED) is 0.0749. The summed E-state index contributed by atoms with van der Waals surface area (Å²) < 4.78 is 118. The van der Waals surface area contributed by atoms with E-state index >= 15 is 0 Å². The van der Waals surface area contributed by atoms with E-state index in [1.807, 2.05) is 85.0 Å². The molecule has 18 rings (SSSR count). The van der Waals surface area contributed by atoms with Gasteiger partial charge in [0.05, 0.1) is 67.6 Å². The molecule has 6 aromatic carbocycles. The largest absolute Gasteiger partial charge is 1.00 e. The molecular formula is C84H52Cu2F12N8O4P2. The monoisotopic (exact) mass is 1650 g/mol. The first-order chi connectivity index (χ1) is 52.0. The molecule has 12 nitrogen and oxygen atoms in total. The number of hydrogen-bond donors (Lipinski definition) is 4. The van der Waals surface area contributed by atoms with E-state index in [2.05, 4.69) is 179 Å². The van der Waals surface area contributed by atoms with Gasteiger partial charge in [0.1, 0.15) is 0 Å². The van der Waals surface area contributed by atoms with Crippen molar-refractivity contribution < 1.29 is 104 Å². The van der Waals surface area contributed by atoms with Crippen molar-refractivity contribution >= 4 is 129 Å². The number of aromatic nitrogens is 4. The van der Waals surface area contributed by atoms with Gasteiger partial charge in [0.25, 0.3) is 0 Å². The third-order valence-corrected chi connectivity index (χ3v) is 17.9. The molecule has 8 aliphatic rings. The number of pyridine rings is 4. The molecule has 4 aliphatic carbocycles. The van der Waals surface area contributed by atoms with Crippen LogP contribution in [0.1, 0.15) is 22.3 Å². The maximum atomic E-state index is 11.7. The second kappa shape index (κ2) is 28.6. The second-order valence-corrected chi connectivity index (χ2v) is 29.7. The van der Waals surface area contributed by atoms with Gasteiger partial charge in [-0.2, -0.15) is 0 Å². The van der Waals surface area contributed by atoms with Crippen LogP contribution in [0.15, 0.2) is 312 Å². The molecular weight excluding hydrogens is 1600 g/mol. The van der Waals surface area contributed by atoms with Crippen LogP contribution in [-0.2, 0) is 53.3 Å². The molecule has 0 saturated heterocycles. The van der Waals surface area contributed by atoms with Crippen molar-refractivity contribution in [2.24, 2.45) is 0 Å². The Morgan fingerprint density at radius 3 is 0.616 bits per heavy atom. The summed E-state index contributed by atoms with van der Waals surface area (Å²) in [5.74, 6) is -0.0482. The summed E-state index contributed by atoms with van der Waals surface area (Å²) in [6.07, 6.45) is 43.8. The van der Waals surface area contributed by atoms with Gasteiger partial charge in [-0.1, -0.05) is 133 Å². The molecule has 112 heavy (non-hydrogen) atoms. The third kappa shape index (κ3) is 18.9. The van der Waals surface area contributed by atoms with Crippen LogP contribution in [0.5, 0.6) is 0 Å². The Morgan fingerprint density at radius 2 is 0.420 bits per heavy atom. The Balaban J connectivity index is 0.000000165. The number of hydrogen-bond acceptors (Lipinski definition) is 12. The van der Waals surface area contributed by atoms with Gasteiger partial charge in [-0.15, -0.1) is 0 Å².